The number of nitrogens with one attached hydrogen (secondary N) is 2. The molecule has 7 nitrogen and oxygen atoms in total. The first-order chi connectivity index (χ1) is 15.7. The molecule has 2 saturated carbocycles. The number of alkyl halides is 3. The smallest absolute Gasteiger partial charge is 0.334 e. The molecule has 3 aromatic rings. The number of carbonyl (C=O) groups excluding carboxylic acids is 1. The van der Waals surface area contributed by atoms with Crippen molar-refractivity contribution in [3.8, 4) is 0 Å². The van der Waals surface area contributed by atoms with Crippen LogP contribution >= 0.6 is 11.6 Å². The number of carbonyl (C=O) groups is 1. The van der Waals surface area contributed by atoms with Crippen LogP contribution in [0, 0.1) is 5.92 Å². The summed E-state index contributed by atoms with van der Waals surface area (Å²) in [7, 11) is 0. The molecule has 0 unspecified atom stereocenters. The van der Waals surface area contributed by atoms with E-state index < -0.39 is 12.5 Å². The first-order valence-corrected chi connectivity index (χ1v) is 11.4. The molecule has 176 valence electrons. The molecule has 2 aliphatic rings. The van der Waals surface area contributed by atoms with E-state index in [1.165, 1.54) is 0 Å². The molecule has 0 atom stereocenters. The van der Waals surface area contributed by atoms with Crippen LogP contribution in [0.25, 0.3) is 11.0 Å². The number of hydrogen-bond acceptors (Lipinski definition) is 4. The number of nitrogens with zero attached hydrogens (tertiary/aromatic N) is 3. The first kappa shape index (κ1) is 22.2. The van der Waals surface area contributed by atoms with Crippen molar-refractivity contribution < 1.29 is 22.7 Å². The van der Waals surface area contributed by atoms with Crippen molar-refractivity contribution >= 4 is 34.5 Å². The van der Waals surface area contributed by atoms with Gasteiger partial charge in [0.05, 0.1) is 29.2 Å². The summed E-state index contributed by atoms with van der Waals surface area (Å²) >= 11 is 5.99. The zero-order valence-electron chi connectivity index (χ0n) is 17.6. The number of hydrogen-bond donors (Lipinski definition) is 2. The van der Waals surface area contributed by atoms with Gasteiger partial charge in [-0.3, -0.25) is 14.8 Å². The van der Waals surface area contributed by atoms with Crippen LogP contribution in [0.3, 0.4) is 0 Å². The second-order valence-electron chi connectivity index (χ2n) is 8.84. The van der Waals surface area contributed by atoms with Crippen LogP contribution in [0.1, 0.15) is 56.2 Å². The SMILES string of the molecule is O=C(Nc1nc2ccc(Cl)cc2[nH]1)C1CCC(n2cnc(C3CC(OC(F)(F)F)C3)c2)CC1. The van der Waals surface area contributed by atoms with E-state index in [9.17, 15) is 18.0 Å². The Hall–Kier alpha value is -2.59. The van der Waals surface area contributed by atoms with Crippen molar-refractivity contribution in [3.05, 3.63) is 41.4 Å². The second kappa shape index (κ2) is 8.64. The molecule has 0 radical (unpaired) electrons. The maximum atomic E-state index is 12.7. The Bertz CT molecular complexity index is 1150. The van der Waals surface area contributed by atoms with Crippen LogP contribution < -0.4 is 5.32 Å². The number of fused-ring (bicyclic) bond motifs is 1. The van der Waals surface area contributed by atoms with Gasteiger partial charge in [0, 0.05) is 29.1 Å². The summed E-state index contributed by atoms with van der Waals surface area (Å²) in [6.45, 7) is 0. The monoisotopic (exact) mass is 481 g/mol. The minimum absolute atomic E-state index is 0.000549. The molecule has 2 N–H and O–H groups in total. The quantitative estimate of drug-likeness (QED) is 0.499. The number of halogens is 4. The number of ether oxygens (including phenoxy) is 1. The molecule has 0 saturated heterocycles. The zero-order valence-corrected chi connectivity index (χ0v) is 18.4. The number of aromatic nitrogens is 4. The topological polar surface area (TPSA) is 84.8 Å². The first-order valence-electron chi connectivity index (χ1n) is 11.0. The van der Waals surface area contributed by atoms with E-state index in [1.807, 2.05) is 10.8 Å². The summed E-state index contributed by atoms with van der Waals surface area (Å²) in [5.41, 5.74) is 2.30. The summed E-state index contributed by atoms with van der Waals surface area (Å²) in [5, 5.41) is 3.46. The molecule has 5 rings (SSSR count). The Labute approximate surface area is 192 Å². The van der Waals surface area contributed by atoms with Crippen molar-refractivity contribution in [3.63, 3.8) is 0 Å². The van der Waals surface area contributed by atoms with Gasteiger partial charge in [0.15, 0.2) is 0 Å². The van der Waals surface area contributed by atoms with Crippen LogP contribution in [0.5, 0.6) is 0 Å². The standard InChI is InChI=1S/C22H23ClF3N5O2/c23-14-3-6-17-18(9-14)29-21(28-17)30-20(32)12-1-4-15(5-2-12)31-10-19(27-11-31)13-7-16(8-13)33-22(24,25)26/h3,6,9-13,15-16H,1-2,4-5,7-8H2,(H2,28,29,30,32). The Balaban J connectivity index is 1.12. The summed E-state index contributed by atoms with van der Waals surface area (Å²) in [6, 6.07) is 5.53. The number of H-pyrrole nitrogens is 1. The fourth-order valence-corrected chi connectivity index (χ4v) is 4.92. The number of benzene rings is 1. The fraction of sp³-hybridized carbons (Fsp3) is 0.500. The Kier molecular flexibility index (Phi) is 5.82. The lowest BCUT2D eigenvalue weighted by molar-refractivity contribution is -0.351. The van der Waals surface area contributed by atoms with E-state index in [0.717, 1.165) is 42.4 Å². The van der Waals surface area contributed by atoms with Crippen molar-refractivity contribution in [2.45, 2.75) is 63.0 Å². The van der Waals surface area contributed by atoms with E-state index in [0.29, 0.717) is 23.8 Å². The molecule has 11 heteroatoms. The molecule has 1 amide bonds. The van der Waals surface area contributed by atoms with Crippen molar-refractivity contribution in [2.24, 2.45) is 5.92 Å². The molecule has 33 heavy (non-hydrogen) atoms. The van der Waals surface area contributed by atoms with Gasteiger partial charge in [-0.2, -0.15) is 0 Å². The number of rotatable bonds is 5. The minimum Gasteiger partial charge on any atom is -0.334 e. The number of aromatic amines is 1. The summed E-state index contributed by atoms with van der Waals surface area (Å²) in [6.07, 6.45) is 2.10. The van der Waals surface area contributed by atoms with Crippen LogP contribution in [0.15, 0.2) is 30.7 Å². The highest BCUT2D eigenvalue weighted by molar-refractivity contribution is 6.31. The largest absolute Gasteiger partial charge is 0.522 e. The summed E-state index contributed by atoms with van der Waals surface area (Å²) < 4.78 is 43.0. The third-order valence-corrected chi connectivity index (χ3v) is 6.84. The highest BCUT2D eigenvalue weighted by atomic mass is 35.5. The van der Waals surface area contributed by atoms with Gasteiger partial charge in [-0.15, -0.1) is 13.2 Å². The molecule has 0 bridgehead atoms. The van der Waals surface area contributed by atoms with Gasteiger partial charge in [0.2, 0.25) is 11.9 Å². The van der Waals surface area contributed by atoms with Gasteiger partial charge < -0.3 is 9.55 Å². The third-order valence-electron chi connectivity index (χ3n) is 6.61. The highest BCUT2D eigenvalue weighted by Gasteiger charge is 2.41. The maximum Gasteiger partial charge on any atom is 0.522 e. The van der Waals surface area contributed by atoms with Crippen LogP contribution in [0.4, 0.5) is 19.1 Å². The van der Waals surface area contributed by atoms with E-state index in [2.05, 4.69) is 25.0 Å². The average Bonchev–Trinajstić information content (AvgIpc) is 3.36. The molecule has 0 spiro atoms. The Morgan fingerprint density at radius 2 is 1.97 bits per heavy atom. The molecular formula is C22H23ClF3N5O2. The predicted molar refractivity (Wildman–Crippen MR) is 116 cm³/mol. The van der Waals surface area contributed by atoms with Crippen molar-refractivity contribution in [2.75, 3.05) is 5.32 Å². The molecular weight excluding hydrogens is 459 g/mol. The zero-order chi connectivity index (χ0) is 23.2. The third kappa shape index (κ3) is 5.01. The van der Waals surface area contributed by atoms with Gasteiger partial charge in [0.1, 0.15) is 0 Å². The van der Waals surface area contributed by atoms with Gasteiger partial charge in [-0.1, -0.05) is 11.6 Å². The lowest BCUT2D eigenvalue weighted by Crippen LogP contribution is -2.34. The van der Waals surface area contributed by atoms with Crippen LogP contribution in [-0.2, 0) is 9.53 Å². The Morgan fingerprint density at radius 1 is 1.21 bits per heavy atom. The lowest BCUT2D eigenvalue weighted by Gasteiger charge is -2.34. The molecule has 2 heterocycles. The normalized spacial score (nSPS) is 25.7. The molecule has 1 aromatic carbocycles. The van der Waals surface area contributed by atoms with Gasteiger partial charge in [0.25, 0.3) is 0 Å². The van der Waals surface area contributed by atoms with Gasteiger partial charge in [-0.25, -0.2) is 9.97 Å². The predicted octanol–water partition coefficient (Wildman–Crippen LogP) is 5.57. The minimum atomic E-state index is -4.59. The number of anilines is 1. The van der Waals surface area contributed by atoms with Crippen LogP contribution in [0.2, 0.25) is 5.02 Å². The molecule has 2 fully saturated rings. The molecule has 0 aliphatic heterocycles. The Morgan fingerprint density at radius 3 is 2.70 bits per heavy atom. The number of amides is 1. The summed E-state index contributed by atoms with van der Waals surface area (Å²) in [4.78, 5) is 24.6. The van der Waals surface area contributed by atoms with E-state index in [-0.39, 0.29) is 23.8 Å². The highest BCUT2D eigenvalue weighted by Crippen LogP contribution is 2.41. The van der Waals surface area contributed by atoms with Gasteiger partial charge in [-0.05, 0) is 56.7 Å². The second-order valence-corrected chi connectivity index (χ2v) is 9.28. The molecule has 2 aromatic heterocycles. The van der Waals surface area contributed by atoms with Crippen LogP contribution in [-0.4, -0.2) is 37.9 Å². The van der Waals surface area contributed by atoms with Crippen molar-refractivity contribution in [1.82, 2.24) is 19.5 Å². The average molecular weight is 482 g/mol. The van der Waals surface area contributed by atoms with E-state index in [1.54, 1.807) is 24.5 Å². The maximum absolute atomic E-state index is 12.7. The molecule has 2 aliphatic carbocycles. The summed E-state index contributed by atoms with van der Waals surface area (Å²) in [5.74, 6) is 0.245. The van der Waals surface area contributed by atoms with E-state index in [4.69, 9.17) is 11.6 Å². The van der Waals surface area contributed by atoms with Gasteiger partial charge >= 0.3 is 6.36 Å². The fourth-order valence-electron chi connectivity index (χ4n) is 4.75. The van der Waals surface area contributed by atoms with E-state index >= 15 is 0 Å². The number of imidazole rings is 2. The lowest BCUT2D eigenvalue weighted by atomic mass is 9.80. The van der Waals surface area contributed by atoms with Crippen molar-refractivity contribution in [1.29, 1.82) is 0 Å².